The van der Waals surface area contributed by atoms with Crippen LogP contribution in [0.4, 0.5) is 41.1 Å². The molecule has 0 unspecified atom stereocenters. The molecule has 0 fully saturated rings. The Labute approximate surface area is 194 Å². The van der Waals surface area contributed by atoms with Crippen molar-refractivity contribution >= 4 is 34.4 Å². The lowest BCUT2D eigenvalue weighted by molar-refractivity contribution is 0.580. The quantitative estimate of drug-likeness (QED) is 0.411. The number of nitrogens with two attached hydrogens (primary N) is 2. The Morgan fingerprint density at radius 2 is 1.69 bits per heavy atom. The van der Waals surface area contributed by atoms with E-state index in [1.807, 2.05) is 6.07 Å². The molecular weight excluding hydrogens is 468 g/mol. The Kier molecular flexibility index (Phi) is 5.96. The number of nitrogen functional groups attached to an aromatic ring is 2. The topological polar surface area (TPSA) is 140 Å². The van der Waals surface area contributed by atoms with Crippen molar-refractivity contribution in [3.63, 3.8) is 0 Å². The summed E-state index contributed by atoms with van der Waals surface area (Å²) in [5, 5.41) is 8.91. The number of hydrogen-bond donors (Lipinski definition) is 2. The van der Waals surface area contributed by atoms with E-state index in [1.54, 1.807) is 6.92 Å². The van der Waals surface area contributed by atoms with Crippen LogP contribution in [0.1, 0.15) is 18.9 Å². The van der Waals surface area contributed by atoms with Gasteiger partial charge in [0.05, 0.1) is 5.69 Å². The molecule has 178 valence electrons. The van der Waals surface area contributed by atoms with Gasteiger partial charge in [-0.2, -0.15) is 15.2 Å². The zero-order valence-corrected chi connectivity index (χ0v) is 18.1. The van der Waals surface area contributed by atoms with E-state index in [9.17, 15) is 27.6 Å². The second-order valence-electron chi connectivity index (χ2n) is 7.36. The van der Waals surface area contributed by atoms with Crippen molar-refractivity contribution in [1.82, 2.24) is 19.5 Å². The van der Waals surface area contributed by atoms with Gasteiger partial charge in [0, 0.05) is 12.6 Å². The van der Waals surface area contributed by atoms with Gasteiger partial charge in [-0.05, 0) is 30.7 Å². The SMILES string of the molecule is CCCN(c1nc(N)nc(N)c1C#N)c1nc2c(F)ccc(F)c2c(=O)n1-c1cc(F)cc(F)c1. The molecule has 35 heavy (non-hydrogen) atoms. The Hall–Kier alpha value is -4.73. The Balaban J connectivity index is 2.20. The standard InChI is InChI=1S/C22H16F4N8O/c1-2-5-33(19-13(9-27)18(28)31-21(29)32-19)22-30-17-15(26)4-3-14(25)16(17)20(35)34(22)12-7-10(23)6-11(24)8-12/h3-4,6-8H,2,5H2,1H3,(H4,28,29,31,32). The summed E-state index contributed by atoms with van der Waals surface area (Å²) in [4.78, 5) is 26.6. The highest BCUT2D eigenvalue weighted by atomic mass is 19.1. The number of fused-ring (bicyclic) bond motifs is 1. The molecule has 2 heterocycles. The maximum Gasteiger partial charge on any atom is 0.270 e. The largest absolute Gasteiger partial charge is 0.382 e. The zero-order chi connectivity index (χ0) is 25.4. The van der Waals surface area contributed by atoms with E-state index in [-0.39, 0.29) is 35.4 Å². The molecular formula is C22H16F4N8O. The number of anilines is 4. The molecule has 0 aliphatic heterocycles. The van der Waals surface area contributed by atoms with Crippen LogP contribution < -0.4 is 21.9 Å². The molecule has 4 rings (SSSR count). The summed E-state index contributed by atoms with van der Waals surface area (Å²) in [5.74, 6) is -5.37. The van der Waals surface area contributed by atoms with E-state index >= 15 is 0 Å². The molecule has 0 aliphatic rings. The molecule has 0 radical (unpaired) electrons. The first-order chi connectivity index (χ1) is 16.7. The predicted molar refractivity (Wildman–Crippen MR) is 120 cm³/mol. The molecule has 4 N–H and O–H groups in total. The lowest BCUT2D eigenvalue weighted by Gasteiger charge is -2.26. The summed E-state index contributed by atoms with van der Waals surface area (Å²) in [5.41, 5.74) is 9.15. The number of rotatable bonds is 5. The lowest BCUT2D eigenvalue weighted by atomic mass is 10.2. The third-order valence-corrected chi connectivity index (χ3v) is 5.00. The van der Waals surface area contributed by atoms with Crippen LogP contribution in [0, 0.1) is 34.6 Å². The number of benzene rings is 2. The summed E-state index contributed by atoms with van der Waals surface area (Å²) in [6, 6.07) is 5.56. The lowest BCUT2D eigenvalue weighted by Crippen LogP contribution is -2.32. The van der Waals surface area contributed by atoms with E-state index < -0.39 is 45.7 Å². The van der Waals surface area contributed by atoms with Crippen molar-refractivity contribution < 1.29 is 17.6 Å². The number of nitrogens with zero attached hydrogens (tertiary/aromatic N) is 6. The molecule has 13 heteroatoms. The zero-order valence-electron chi connectivity index (χ0n) is 18.1. The summed E-state index contributed by atoms with van der Waals surface area (Å²) in [6.45, 7) is 1.75. The van der Waals surface area contributed by atoms with E-state index in [4.69, 9.17) is 11.5 Å². The van der Waals surface area contributed by atoms with Gasteiger partial charge >= 0.3 is 0 Å². The van der Waals surface area contributed by atoms with E-state index in [0.717, 1.165) is 24.3 Å². The fraction of sp³-hybridized carbons (Fsp3) is 0.136. The van der Waals surface area contributed by atoms with Crippen LogP contribution in [0.2, 0.25) is 0 Å². The molecule has 0 bridgehead atoms. The van der Waals surface area contributed by atoms with Crippen LogP contribution in [-0.2, 0) is 0 Å². The molecule has 9 nitrogen and oxygen atoms in total. The van der Waals surface area contributed by atoms with Gasteiger partial charge in [-0.3, -0.25) is 9.69 Å². The van der Waals surface area contributed by atoms with Crippen molar-refractivity contribution in [2.24, 2.45) is 0 Å². The Morgan fingerprint density at radius 3 is 2.31 bits per heavy atom. The first kappa shape index (κ1) is 23.4. The highest BCUT2D eigenvalue weighted by molar-refractivity contribution is 5.82. The maximum atomic E-state index is 14.7. The summed E-state index contributed by atoms with van der Waals surface area (Å²) in [7, 11) is 0. The minimum Gasteiger partial charge on any atom is -0.382 e. The van der Waals surface area contributed by atoms with E-state index in [0.29, 0.717) is 17.1 Å². The van der Waals surface area contributed by atoms with Gasteiger partial charge in [0.1, 0.15) is 51.6 Å². The van der Waals surface area contributed by atoms with Crippen molar-refractivity contribution in [2.75, 3.05) is 22.9 Å². The maximum absolute atomic E-state index is 14.7. The van der Waals surface area contributed by atoms with Gasteiger partial charge in [-0.1, -0.05) is 6.92 Å². The molecule has 2 aromatic heterocycles. The van der Waals surface area contributed by atoms with Crippen LogP contribution in [-0.4, -0.2) is 26.1 Å². The van der Waals surface area contributed by atoms with Gasteiger partial charge in [0.2, 0.25) is 11.9 Å². The first-order valence-electron chi connectivity index (χ1n) is 10.1. The summed E-state index contributed by atoms with van der Waals surface area (Å²) >= 11 is 0. The number of hydrogen-bond acceptors (Lipinski definition) is 8. The Bertz CT molecular complexity index is 1560. The van der Waals surface area contributed by atoms with Crippen molar-refractivity contribution in [1.29, 1.82) is 5.26 Å². The van der Waals surface area contributed by atoms with Crippen LogP contribution >= 0.6 is 0 Å². The highest BCUT2D eigenvalue weighted by Crippen LogP contribution is 2.31. The fourth-order valence-electron chi connectivity index (χ4n) is 3.60. The van der Waals surface area contributed by atoms with Gasteiger partial charge < -0.3 is 11.5 Å². The minimum atomic E-state index is -1.15. The van der Waals surface area contributed by atoms with E-state index in [1.165, 1.54) is 4.90 Å². The first-order valence-corrected chi connectivity index (χ1v) is 10.1. The number of nitriles is 1. The average Bonchev–Trinajstić information content (AvgIpc) is 2.78. The van der Waals surface area contributed by atoms with Crippen molar-refractivity contribution in [3.8, 4) is 11.8 Å². The van der Waals surface area contributed by atoms with Crippen LogP contribution in [0.25, 0.3) is 16.6 Å². The van der Waals surface area contributed by atoms with Crippen molar-refractivity contribution in [3.05, 3.63) is 69.5 Å². The molecule has 0 spiro atoms. The molecule has 0 aliphatic carbocycles. The number of halogens is 4. The van der Waals surface area contributed by atoms with Gasteiger partial charge in [0.25, 0.3) is 5.56 Å². The predicted octanol–water partition coefficient (Wildman–Crippen LogP) is 3.32. The second-order valence-corrected chi connectivity index (χ2v) is 7.36. The third-order valence-electron chi connectivity index (χ3n) is 5.00. The Morgan fingerprint density at radius 1 is 1.03 bits per heavy atom. The normalized spacial score (nSPS) is 11.0. The molecule has 0 saturated carbocycles. The minimum absolute atomic E-state index is 0.0112. The summed E-state index contributed by atoms with van der Waals surface area (Å²) in [6.07, 6.45) is 0.367. The molecule has 0 atom stereocenters. The third kappa shape index (κ3) is 4.05. The molecule has 0 amide bonds. The van der Waals surface area contributed by atoms with Gasteiger partial charge in [-0.15, -0.1) is 0 Å². The van der Waals surface area contributed by atoms with Crippen molar-refractivity contribution in [2.45, 2.75) is 13.3 Å². The van der Waals surface area contributed by atoms with Crippen LogP contribution in [0.5, 0.6) is 0 Å². The van der Waals surface area contributed by atoms with Crippen LogP contribution in [0.15, 0.2) is 35.1 Å². The monoisotopic (exact) mass is 484 g/mol. The van der Waals surface area contributed by atoms with Gasteiger partial charge in [-0.25, -0.2) is 27.1 Å². The smallest absolute Gasteiger partial charge is 0.270 e. The van der Waals surface area contributed by atoms with Gasteiger partial charge in [0.15, 0.2) is 5.82 Å². The number of aromatic nitrogens is 4. The van der Waals surface area contributed by atoms with E-state index in [2.05, 4.69) is 15.0 Å². The summed E-state index contributed by atoms with van der Waals surface area (Å²) < 4.78 is 58.2. The second kappa shape index (κ2) is 8.90. The highest BCUT2D eigenvalue weighted by Gasteiger charge is 2.27. The van der Waals surface area contributed by atoms with Crippen LogP contribution in [0.3, 0.4) is 0 Å². The average molecular weight is 484 g/mol. The molecule has 2 aromatic carbocycles. The molecule has 4 aromatic rings. The molecule has 0 saturated heterocycles. The fourth-order valence-corrected chi connectivity index (χ4v) is 3.60.